The lowest BCUT2D eigenvalue weighted by Crippen LogP contribution is -2.38. The van der Waals surface area contributed by atoms with E-state index >= 15 is 0 Å². The summed E-state index contributed by atoms with van der Waals surface area (Å²) in [5.74, 6) is 1.73. The molecule has 0 aromatic carbocycles. The van der Waals surface area contributed by atoms with Crippen LogP contribution in [0.1, 0.15) is 25.5 Å². The van der Waals surface area contributed by atoms with E-state index in [9.17, 15) is 0 Å². The van der Waals surface area contributed by atoms with Gasteiger partial charge in [-0.25, -0.2) is 4.98 Å². The van der Waals surface area contributed by atoms with Crippen molar-refractivity contribution in [2.75, 3.05) is 31.7 Å². The molecule has 116 valence electrons. The first-order valence-electron chi connectivity index (χ1n) is 7.63. The van der Waals surface area contributed by atoms with E-state index in [4.69, 9.17) is 15.5 Å². The fourth-order valence-electron chi connectivity index (χ4n) is 3.20. The van der Waals surface area contributed by atoms with Crippen LogP contribution >= 0.6 is 11.3 Å². The maximum absolute atomic E-state index is 6.04. The summed E-state index contributed by atoms with van der Waals surface area (Å²) in [5.41, 5.74) is 7.29. The predicted molar refractivity (Wildman–Crippen MR) is 87.2 cm³/mol. The average Bonchev–Trinajstić information content (AvgIpc) is 3.02. The minimum atomic E-state index is 0.142. The first-order chi connectivity index (χ1) is 10.2. The summed E-state index contributed by atoms with van der Waals surface area (Å²) in [7, 11) is 1.78. The Balaban J connectivity index is 1.89. The summed E-state index contributed by atoms with van der Waals surface area (Å²) in [6.07, 6.45) is 5.41. The van der Waals surface area contributed by atoms with Gasteiger partial charge in [-0.05, 0) is 25.7 Å². The second-order valence-corrected chi connectivity index (χ2v) is 6.90. The Kier molecular flexibility index (Phi) is 4.47. The number of ether oxygens (including phenoxy) is 1. The normalized spacial score (nSPS) is 21.1. The Labute approximate surface area is 129 Å². The molecule has 0 bridgehead atoms. The SMILES string of the molecule is COCC1CCCN(c2nc3sccn3c2CC(C)N)C1. The van der Waals surface area contributed by atoms with Crippen LogP contribution in [0.5, 0.6) is 0 Å². The summed E-state index contributed by atoms with van der Waals surface area (Å²) < 4.78 is 7.53. The van der Waals surface area contributed by atoms with E-state index in [0.29, 0.717) is 5.92 Å². The molecule has 1 aliphatic heterocycles. The summed E-state index contributed by atoms with van der Waals surface area (Å²) in [6.45, 7) is 5.00. The van der Waals surface area contributed by atoms with Crippen LogP contribution in [0.15, 0.2) is 11.6 Å². The summed E-state index contributed by atoms with van der Waals surface area (Å²) >= 11 is 1.68. The van der Waals surface area contributed by atoms with Gasteiger partial charge in [0.25, 0.3) is 0 Å². The number of nitrogens with zero attached hydrogens (tertiary/aromatic N) is 3. The molecular formula is C15H24N4OS. The van der Waals surface area contributed by atoms with E-state index in [1.54, 1.807) is 18.4 Å². The number of fused-ring (bicyclic) bond motifs is 1. The van der Waals surface area contributed by atoms with Gasteiger partial charge >= 0.3 is 0 Å². The third kappa shape index (κ3) is 3.07. The van der Waals surface area contributed by atoms with E-state index in [-0.39, 0.29) is 6.04 Å². The number of piperidine rings is 1. The number of imidazole rings is 1. The molecule has 5 nitrogen and oxygen atoms in total. The van der Waals surface area contributed by atoms with Crippen molar-refractivity contribution in [2.45, 2.75) is 32.2 Å². The second kappa shape index (κ2) is 6.34. The number of anilines is 1. The molecule has 0 saturated carbocycles. The lowest BCUT2D eigenvalue weighted by atomic mass is 9.98. The highest BCUT2D eigenvalue weighted by Crippen LogP contribution is 2.29. The van der Waals surface area contributed by atoms with Gasteiger partial charge in [-0.15, -0.1) is 11.3 Å². The zero-order valence-corrected chi connectivity index (χ0v) is 13.6. The lowest BCUT2D eigenvalue weighted by molar-refractivity contribution is 0.143. The smallest absolute Gasteiger partial charge is 0.195 e. The molecule has 2 aromatic heterocycles. The van der Waals surface area contributed by atoms with E-state index < -0.39 is 0 Å². The van der Waals surface area contributed by atoms with Crippen molar-refractivity contribution >= 4 is 22.1 Å². The van der Waals surface area contributed by atoms with Crippen molar-refractivity contribution in [3.63, 3.8) is 0 Å². The van der Waals surface area contributed by atoms with Crippen molar-refractivity contribution in [1.82, 2.24) is 9.38 Å². The minimum absolute atomic E-state index is 0.142. The fourth-order valence-corrected chi connectivity index (χ4v) is 3.93. The number of hydrogen-bond donors (Lipinski definition) is 1. The van der Waals surface area contributed by atoms with Crippen LogP contribution in [-0.2, 0) is 11.2 Å². The molecule has 1 saturated heterocycles. The average molecular weight is 308 g/mol. The van der Waals surface area contributed by atoms with Gasteiger partial charge in [-0.2, -0.15) is 0 Å². The maximum atomic E-state index is 6.04. The van der Waals surface area contributed by atoms with E-state index in [1.165, 1.54) is 18.5 Å². The number of rotatable bonds is 5. The molecule has 6 heteroatoms. The highest BCUT2D eigenvalue weighted by molar-refractivity contribution is 7.15. The van der Waals surface area contributed by atoms with Crippen LogP contribution in [0.4, 0.5) is 5.82 Å². The molecule has 1 fully saturated rings. The molecule has 3 rings (SSSR count). The first-order valence-corrected chi connectivity index (χ1v) is 8.51. The third-order valence-electron chi connectivity index (χ3n) is 4.08. The second-order valence-electron chi connectivity index (χ2n) is 6.03. The predicted octanol–water partition coefficient (Wildman–Crippen LogP) is 2.15. The van der Waals surface area contributed by atoms with Gasteiger partial charge in [0.15, 0.2) is 10.8 Å². The molecule has 0 spiro atoms. The summed E-state index contributed by atoms with van der Waals surface area (Å²) in [5, 5.41) is 2.08. The number of aromatic nitrogens is 2. The molecule has 3 heterocycles. The fraction of sp³-hybridized carbons (Fsp3) is 0.667. The molecule has 0 amide bonds. The van der Waals surface area contributed by atoms with Crippen molar-refractivity contribution < 1.29 is 4.74 Å². The zero-order valence-electron chi connectivity index (χ0n) is 12.8. The molecular weight excluding hydrogens is 284 g/mol. The largest absolute Gasteiger partial charge is 0.384 e. The molecule has 0 aliphatic carbocycles. The van der Waals surface area contributed by atoms with Crippen LogP contribution in [0.25, 0.3) is 4.96 Å². The molecule has 0 radical (unpaired) electrons. The molecule has 1 aliphatic rings. The topological polar surface area (TPSA) is 55.8 Å². The van der Waals surface area contributed by atoms with Crippen LogP contribution in [0, 0.1) is 5.92 Å². The lowest BCUT2D eigenvalue weighted by Gasteiger charge is -2.33. The number of methoxy groups -OCH3 is 1. The van der Waals surface area contributed by atoms with Crippen molar-refractivity contribution in [2.24, 2.45) is 11.7 Å². The molecule has 21 heavy (non-hydrogen) atoms. The van der Waals surface area contributed by atoms with E-state index in [0.717, 1.165) is 36.9 Å². The zero-order chi connectivity index (χ0) is 14.8. The monoisotopic (exact) mass is 308 g/mol. The molecule has 2 atom stereocenters. The van der Waals surface area contributed by atoms with E-state index in [2.05, 4.69) is 27.8 Å². The maximum Gasteiger partial charge on any atom is 0.195 e. The van der Waals surface area contributed by atoms with Crippen LogP contribution in [0.3, 0.4) is 0 Å². The standard InChI is InChI=1S/C15H24N4OS/c1-11(16)8-13-14(17-15-19(13)6-7-21-15)18-5-3-4-12(9-18)10-20-2/h6-7,11-12H,3-5,8-10,16H2,1-2H3. The Hall–Kier alpha value is -1.11. The number of hydrogen-bond acceptors (Lipinski definition) is 5. The number of thiazole rings is 1. The van der Waals surface area contributed by atoms with Gasteiger partial charge in [0.05, 0.1) is 12.3 Å². The van der Waals surface area contributed by atoms with Gasteiger partial charge in [0.2, 0.25) is 0 Å². The van der Waals surface area contributed by atoms with Gasteiger partial charge in [-0.1, -0.05) is 0 Å². The van der Waals surface area contributed by atoms with Gasteiger partial charge < -0.3 is 15.4 Å². The Bertz CT molecular complexity index is 590. The summed E-state index contributed by atoms with van der Waals surface area (Å²) in [4.78, 5) is 8.34. The molecule has 2 unspecified atom stereocenters. The van der Waals surface area contributed by atoms with E-state index in [1.807, 2.05) is 0 Å². The van der Waals surface area contributed by atoms with Crippen molar-refractivity contribution in [1.29, 1.82) is 0 Å². The minimum Gasteiger partial charge on any atom is -0.384 e. The quantitative estimate of drug-likeness (QED) is 0.919. The van der Waals surface area contributed by atoms with Crippen LogP contribution in [-0.4, -0.2) is 42.2 Å². The summed E-state index contributed by atoms with van der Waals surface area (Å²) in [6, 6.07) is 0.142. The van der Waals surface area contributed by atoms with Gasteiger partial charge in [0, 0.05) is 44.2 Å². The third-order valence-corrected chi connectivity index (χ3v) is 4.83. The van der Waals surface area contributed by atoms with Crippen molar-refractivity contribution in [3.8, 4) is 0 Å². The Morgan fingerprint density at radius 3 is 3.19 bits per heavy atom. The Morgan fingerprint density at radius 1 is 1.57 bits per heavy atom. The highest BCUT2D eigenvalue weighted by Gasteiger charge is 2.25. The first kappa shape index (κ1) is 14.8. The molecule has 2 aromatic rings. The van der Waals surface area contributed by atoms with Gasteiger partial charge in [0.1, 0.15) is 0 Å². The number of nitrogens with two attached hydrogens (primary N) is 1. The van der Waals surface area contributed by atoms with Gasteiger partial charge in [-0.3, -0.25) is 4.40 Å². The van der Waals surface area contributed by atoms with Crippen LogP contribution in [0.2, 0.25) is 0 Å². The van der Waals surface area contributed by atoms with Crippen molar-refractivity contribution in [3.05, 3.63) is 17.3 Å². The Morgan fingerprint density at radius 2 is 2.43 bits per heavy atom. The molecule has 2 N–H and O–H groups in total. The van der Waals surface area contributed by atoms with Crippen LogP contribution < -0.4 is 10.6 Å². The highest BCUT2D eigenvalue weighted by atomic mass is 32.1.